The lowest BCUT2D eigenvalue weighted by molar-refractivity contribution is 0.0290. The van der Waals surface area contributed by atoms with Crippen LogP contribution in [0.2, 0.25) is 0 Å². The van der Waals surface area contributed by atoms with Crippen LogP contribution in [0.1, 0.15) is 37.0 Å². The van der Waals surface area contributed by atoms with Crippen LogP contribution in [0.15, 0.2) is 29.2 Å². The van der Waals surface area contributed by atoms with Crippen molar-refractivity contribution in [2.75, 3.05) is 19.7 Å². The van der Waals surface area contributed by atoms with Crippen molar-refractivity contribution in [3.63, 3.8) is 0 Å². The number of piperidine rings is 1. The van der Waals surface area contributed by atoms with Crippen molar-refractivity contribution in [1.82, 2.24) is 4.31 Å². The maximum atomic E-state index is 12.5. The highest BCUT2D eigenvalue weighted by atomic mass is 32.2. The Morgan fingerprint density at radius 2 is 1.81 bits per heavy atom. The van der Waals surface area contributed by atoms with Gasteiger partial charge >= 0.3 is 0 Å². The minimum Gasteiger partial charge on any atom is -0.378 e. The van der Waals surface area contributed by atoms with Gasteiger partial charge in [0, 0.05) is 25.3 Å². The van der Waals surface area contributed by atoms with Crippen molar-refractivity contribution in [3.05, 3.63) is 29.8 Å². The minimum atomic E-state index is -3.48. The van der Waals surface area contributed by atoms with Gasteiger partial charge in [-0.05, 0) is 38.8 Å². The third-order valence-electron chi connectivity index (χ3n) is 3.70. The molecule has 1 aromatic rings. The van der Waals surface area contributed by atoms with Crippen molar-refractivity contribution in [2.45, 2.75) is 37.7 Å². The van der Waals surface area contributed by atoms with Gasteiger partial charge < -0.3 is 4.74 Å². The van der Waals surface area contributed by atoms with Crippen LogP contribution >= 0.6 is 0 Å². The van der Waals surface area contributed by atoms with E-state index in [9.17, 15) is 13.2 Å². The maximum Gasteiger partial charge on any atom is 0.243 e. The molecule has 0 aromatic heterocycles. The van der Waals surface area contributed by atoms with Crippen molar-refractivity contribution in [3.8, 4) is 0 Å². The molecule has 1 aromatic carbocycles. The molecule has 0 unspecified atom stereocenters. The van der Waals surface area contributed by atoms with Gasteiger partial charge in [0.2, 0.25) is 10.0 Å². The largest absolute Gasteiger partial charge is 0.378 e. The molecule has 2 rings (SSSR count). The lowest BCUT2D eigenvalue weighted by atomic mass is 10.1. The minimum absolute atomic E-state index is 0.0727. The number of hydrogen-bond donors (Lipinski definition) is 0. The van der Waals surface area contributed by atoms with Crippen LogP contribution in [-0.2, 0) is 14.8 Å². The number of Topliss-reactive ketones (excluding diaryl/α,β-unsaturated/α-hetero) is 1. The van der Waals surface area contributed by atoms with E-state index in [0.29, 0.717) is 25.3 Å². The molecule has 0 bridgehead atoms. The van der Waals surface area contributed by atoms with E-state index in [2.05, 4.69) is 0 Å². The number of benzene rings is 1. The van der Waals surface area contributed by atoms with E-state index >= 15 is 0 Å². The predicted octanol–water partition coefficient (Wildman–Crippen LogP) is 2.08. The van der Waals surface area contributed by atoms with Gasteiger partial charge in [-0.1, -0.05) is 12.1 Å². The normalized spacial score (nSPS) is 17.8. The molecule has 0 spiro atoms. The van der Waals surface area contributed by atoms with Crippen molar-refractivity contribution >= 4 is 15.8 Å². The molecule has 0 amide bonds. The molecule has 1 aliphatic heterocycles. The first kappa shape index (κ1) is 16.1. The number of nitrogens with zero attached hydrogens (tertiary/aromatic N) is 1. The molecule has 0 N–H and O–H groups in total. The fraction of sp³-hybridized carbons (Fsp3) is 0.533. The average Bonchev–Trinajstić information content (AvgIpc) is 2.48. The van der Waals surface area contributed by atoms with Crippen LogP contribution in [0.3, 0.4) is 0 Å². The molecule has 1 fully saturated rings. The van der Waals surface area contributed by atoms with Crippen LogP contribution < -0.4 is 0 Å². The van der Waals surface area contributed by atoms with Crippen LogP contribution in [0.25, 0.3) is 0 Å². The summed E-state index contributed by atoms with van der Waals surface area (Å²) in [6.07, 6.45) is 1.60. The number of carbonyl (C=O) groups excluding carboxylic acids is 1. The summed E-state index contributed by atoms with van der Waals surface area (Å²) in [5, 5.41) is 0. The van der Waals surface area contributed by atoms with Gasteiger partial charge in [-0.2, -0.15) is 4.31 Å². The lowest BCUT2D eigenvalue weighted by Gasteiger charge is -2.31. The van der Waals surface area contributed by atoms with E-state index in [-0.39, 0.29) is 16.8 Å². The molecule has 0 saturated carbocycles. The standard InChI is InChI=1S/C15H21NO4S/c1-3-20-14-8-10-16(11-9-14)21(18,19)15-6-4-13(5-7-15)12(2)17/h4-7,14H,3,8-11H2,1-2H3. The highest BCUT2D eigenvalue weighted by Gasteiger charge is 2.29. The molecule has 6 heteroatoms. The first-order chi connectivity index (χ1) is 9.95. The highest BCUT2D eigenvalue weighted by molar-refractivity contribution is 7.89. The molecule has 21 heavy (non-hydrogen) atoms. The van der Waals surface area contributed by atoms with Crippen LogP contribution in [-0.4, -0.2) is 44.3 Å². The molecule has 116 valence electrons. The number of rotatable bonds is 5. The number of carbonyl (C=O) groups is 1. The third kappa shape index (κ3) is 3.70. The molecule has 0 aliphatic carbocycles. The molecule has 0 atom stereocenters. The Bertz CT molecular complexity index is 587. The maximum absolute atomic E-state index is 12.5. The highest BCUT2D eigenvalue weighted by Crippen LogP contribution is 2.22. The molecule has 1 saturated heterocycles. The zero-order valence-electron chi connectivity index (χ0n) is 12.4. The Morgan fingerprint density at radius 1 is 1.24 bits per heavy atom. The number of sulfonamides is 1. The molecule has 1 aliphatic rings. The van der Waals surface area contributed by atoms with Gasteiger partial charge in [0.05, 0.1) is 11.0 Å². The van der Waals surface area contributed by atoms with Crippen molar-refractivity contribution in [1.29, 1.82) is 0 Å². The van der Waals surface area contributed by atoms with Gasteiger partial charge in [0.1, 0.15) is 0 Å². The summed E-state index contributed by atoms with van der Waals surface area (Å²) in [5.41, 5.74) is 0.518. The summed E-state index contributed by atoms with van der Waals surface area (Å²) in [4.78, 5) is 11.5. The fourth-order valence-electron chi connectivity index (χ4n) is 2.49. The first-order valence-electron chi connectivity index (χ1n) is 7.18. The Balaban J connectivity index is 2.10. The average molecular weight is 311 g/mol. The molecular formula is C15H21NO4S. The molecule has 1 heterocycles. The monoisotopic (exact) mass is 311 g/mol. The van der Waals surface area contributed by atoms with Gasteiger partial charge in [-0.3, -0.25) is 4.79 Å². The van der Waals surface area contributed by atoms with Crippen LogP contribution in [0, 0.1) is 0 Å². The lowest BCUT2D eigenvalue weighted by Crippen LogP contribution is -2.40. The van der Waals surface area contributed by atoms with Crippen LogP contribution in [0.5, 0.6) is 0 Å². The molecule has 0 radical (unpaired) electrons. The smallest absolute Gasteiger partial charge is 0.243 e. The summed E-state index contributed by atoms with van der Waals surface area (Å²) in [7, 11) is -3.48. The Morgan fingerprint density at radius 3 is 2.29 bits per heavy atom. The van der Waals surface area contributed by atoms with Crippen LogP contribution in [0.4, 0.5) is 0 Å². The third-order valence-corrected chi connectivity index (χ3v) is 5.61. The van der Waals surface area contributed by atoms with Gasteiger partial charge in [0.15, 0.2) is 5.78 Å². The summed E-state index contributed by atoms with van der Waals surface area (Å²) in [6.45, 7) is 5.01. The van der Waals surface area contributed by atoms with Gasteiger partial charge in [-0.25, -0.2) is 8.42 Å². The Hall–Kier alpha value is -1.24. The summed E-state index contributed by atoms with van der Waals surface area (Å²) in [5.74, 6) is -0.0727. The fourth-order valence-corrected chi connectivity index (χ4v) is 3.96. The quantitative estimate of drug-likeness (QED) is 0.781. The van der Waals surface area contributed by atoms with Crippen molar-refractivity contribution < 1.29 is 17.9 Å². The number of hydrogen-bond acceptors (Lipinski definition) is 4. The zero-order valence-corrected chi connectivity index (χ0v) is 13.2. The van der Waals surface area contributed by atoms with E-state index in [1.165, 1.54) is 23.4 Å². The first-order valence-corrected chi connectivity index (χ1v) is 8.62. The summed E-state index contributed by atoms with van der Waals surface area (Å²) in [6, 6.07) is 6.12. The van der Waals surface area contributed by atoms with E-state index in [0.717, 1.165) is 12.8 Å². The van der Waals surface area contributed by atoms with E-state index in [1.807, 2.05) is 6.92 Å². The number of ketones is 1. The van der Waals surface area contributed by atoms with Gasteiger partial charge in [-0.15, -0.1) is 0 Å². The van der Waals surface area contributed by atoms with E-state index < -0.39 is 10.0 Å². The predicted molar refractivity (Wildman–Crippen MR) is 79.9 cm³/mol. The SMILES string of the molecule is CCOC1CCN(S(=O)(=O)c2ccc(C(C)=O)cc2)CC1. The zero-order chi connectivity index (χ0) is 15.5. The molecular weight excluding hydrogens is 290 g/mol. The summed E-state index contributed by atoms with van der Waals surface area (Å²) >= 11 is 0. The summed E-state index contributed by atoms with van der Waals surface area (Å²) < 4.78 is 32.1. The Kier molecular flexibility index (Phi) is 5.13. The van der Waals surface area contributed by atoms with E-state index in [1.54, 1.807) is 12.1 Å². The van der Waals surface area contributed by atoms with E-state index in [4.69, 9.17) is 4.74 Å². The van der Waals surface area contributed by atoms with Gasteiger partial charge in [0.25, 0.3) is 0 Å². The second-order valence-electron chi connectivity index (χ2n) is 5.14. The Labute approximate surface area is 126 Å². The van der Waals surface area contributed by atoms with Crippen molar-refractivity contribution in [2.24, 2.45) is 0 Å². The topological polar surface area (TPSA) is 63.7 Å². The second kappa shape index (κ2) is 6.68. The second-order valence-corrected chi connectivity index (χ2v) is 7.08. The number of ether oxygens (including phenoxy) is 1. The molecule has 5 nitrogen and oxygen atoms in total.